The summed E-state index contributed by atoms with van der Waals surface area (Å²) in [7, 11) is 0. The Bertz CT molecular complexity index is 458. The van der Waals surface area contributed by atoms with Gasteiger partial charge in [0.15, 0.2) is 5.65 Å². The number of nitrogens with one attached hydrogen (secondary N) is 2. The van der Waals surface area contributed by atoms with Crippen LogP contribution in [0.3, 0.4) is 0 Å². The highest BCUT2D eigenvalue weighted by molar-refractivity contribution is 5.72. The molecular weight excluding hydrogens is 190 g/mol. The third kappa shape index (κ3) is 1.48. The van der Waals surface area contributed by atoms with E-state index < -0.39 is 0 Å². The maximum absolute atomic E-state index is 4.39. The monoisotopic (exact) mass is 203 g/mol. The normalized spacial score (nSPS) is 18.4. The summed E-state index contributed by atoms with van der Waals surface area (Å²) in [5, 5.41) is 3.36. The van der Waals surface area contributed by atoms with Crippen molar-refractivity contribution < 1.29 is 0 Å². The number of aromatic amines is 1. The summed E-state index contributed by atoms with van der Waals surface area (Å²) in [6, 6.07) is 0. The van der Waals surface area contributed by atoms with Gasteiger partial charge in [-0.2, -0.15) is 0 Å². The quantitative estimate of drug-likeness (QED) is 0.720. The number of hydrogen-bond acceptors (Lipinski definition) is 4. The molecular formula is C10H13N5. The molecule has 0 bridgehead atoms. The van der Waals surface area contributed by atoms with Gasteiger partial charge >= 0.3 is 0 Å². The number of aromatic nitrogens is 4. The molecule has 3 heterocycles. The van der Waals surface area contributed by atoms with Gasteiger partial charge in [0.1, 0.15) is 11.8 Å². The van der Waals surface area contributed by atoms with Crippen molar-refractivity contribution in [1.29, 1.82) is 0 Å². The van der Waals surface area contributed by atoms with Crippen molar-refractivity contribution in [2.24, 2.45) is 0 Å². The number of H-pyrrole nitrogens is 1. The Kier molecular flexibility index (Phi) is 2.10. The first-order chi connectivity index (χ1) is 7.45. The molecule has 2 N–H and O–H groups in total. The van der Waals surface area contributed by atoms with E-state index in [0.29, 0.717) is 5.92 Å². The summed E-state index contributed by atoms with van der Waals surface area (Å²) in [4.78, 5) is 15.8. The van der Waals surface area contributed by atoms with Gasteiger partial charge in [-0.1, -0.05) is 0 Å². The molecule has 0 amide bonds. The molecule has 78 valence electrons. The number of imidazole rings is 1. The lowest BCUT2D eigenvalue weighted by Crippen LogP contribution is -2.27. The van der Waals surface area contributed by atoms with E-state index in [9.17, 15) is 0 Å². The summed E-state index contributed by atoms with van der Waals surface area (Å²) in [5.74, 6) is 0.539. The van der Waals surface area contributed by atoms with Crippen molar-refractivity contribution in [2.45, 2.75) is 18.8 Å². The Morgan fingerprint density at radius 1 is 1.13 bits per heavy atom. The molecule has 1 aliphatic heterocycles. The molecule has 5 nitrogen and oxygen atoms in total. The molecule has 0 aliphatic carbocycles. The molecule has 2 aromatic rings. The van der Waals surface area contributed by atoms with Crippen LogP contribution in [0.25, 0.3) is 11.2 Å². The highest BCUT2D eigenvalue weighted by Gasteiger charge is 2.19. The van der Waals surface area contributed by atoms with Gasteiger partial charge in [0.25, 0.3) is 0 Å². The van der Waals surface area contributed by atoms with Crippen LogP contribution in [-0.2, 0) is 0 Å². The van der Waals surface area contributed by atoms with Gasteiger partial charge in [0.05, 0.1) is 12.0 Å². The Hall–Kier alpha value is -1.49. The Morgan fingerprint density at radius 3 is 2.87 bits per heavy atom. The molecule has 0 unspecified atom stereocenters. The lowest BCUT2D eigenvalue weighted by atomic mass is 9.94. The standard InChI is InChI=1S/C10H13N5/c1-3-11-4-2-7(1)8-9-10(14-5-12-8)15-6-13-9/h5-7,11H,1-4H2,(H,12,13,14,15). The van der Waals surface area contributed by atoms with Gasteiger partial charge in [0.2, 0.25) is 0 Å². The van der Waals surface area contributed by atoms with E-state index >= 15 is 0 Å². The molecule has 2 aromatic heterocycles. The topological polar surface area (TPSA) is 66.5 Å². The van der Waals surface area contributed by atoms with Crippen LogP contribution in [0.2, 0.25) is 0 Å². The summed E-state index contributed by atoms with van der Waals surface area (Å²) in [6.07, 6.45) is 5.58. The average molecular weight is 203 g/mol. The Morgan fingerprint density at radius 2 is 2.00 bits per heavy atom. The van der Waals surface area contributed by atoms with Gasteiger partial charge in [0, 0.05) is 5.92 Å². The molecule has 0 spiro atoms. The fraction of sp³-hybridized carbons (Fsp3) is 0.500. The first kappa shape index (κ1) is 8.79. The minimum atomic E-state index is 0.539. The molecule has 0 radical (unpaired) electrons. The van der Waals surface area contributed by atoms with Crippen molar-refractivity contribution in [1.82, 2.24) is 25.3 Å². The van der Waals surface area contributed by atoms with E-state index in [-0.39, 0.29) is 0 Å². The van der Waals surface area contributed by atoms with Crippen LogP contribution in [0, 0.1) is 0 Å². The van der Waals surface area contributed by atoms with Gasteiger partial charge in [-0.25, -0.2) is 15.0 Å². The minimum Gasteiger partial charge on any atom is -0.342 e. The molecule has 1 fully saturated rings. The summed E-state index contributed by atoms with van der Waals surface area (Å²) >= 11 is 0. The van der Waals surface area contributed by atoms with E-state index in [1.807, 2.05) is 0 Å². The molecule has 15 heavy (non-hydrogen) atoms. The molecule has 5 heteroatoms. The zero-order valence-corrected chi connectivity index (χ0v) is 8.40. The van der Waals surface area contributed by atoms with Crippen molar-refractivity contribution in [3.63, 3.8) is 0 Å². The fourth-order valence-corrected chi connectivity index (χ4v) is 2.19. The molecule has 1 saturated heterocycles. The van der Waals surface area contributed by atoms with Crippen molar-refractivity contribution >= 4 is 11.2 Å². The lowest BCUT2D eigenvalue weighted by Gasteiger charge is -2.21. The van der Waals surface area contributed by atoms with Crippen LogP contribution in [0.15, 0.2) is 12.7 Å². The lowest BCUT2D eigenvalue weighted by molar-refractivity contribution is 0.455. The first-order valence-corrected chi connectivity index (χ1v) is 5.30. The molecule has 0 atom stereocenters. The predicted molar refractivity (Wildman–Crippen MR) is 56.5 cm³/mol. The number of hydrogen-bond donors (Lipinski definition) is 2. The predicted octanol–water partition coefficient (Wildman–Crippen LogP) is 0.820. The summed E-state index contributed by atoms with van der Waals surface area (Å²) < 4.78 is 0. The van der Waals surface area contributed by atoms with E-state index in [0.717, 1.165) is 42.8 Å². The van der Waals surface area contributed by atoms with Crippen LogP contribution in [0.1, 0.15) is 24.5 Å². The van der Waals surface area contributed by atoms with Crippen molar-refractivity contribution in [2.75, 3.05) is 13.1 Å². The first-order valence-electron chi connectivity index (χ1n) is 5.30. The minimum absolute atomic E-state index is 0.539. The summed E-state index contributed by atoms with van der Waals surface area (Å²) in [5.41, 5.74) is 2.90. The molecule has 1 aliphatic rings. The summed E-state index contributed by atoms with van der Waals surface area (Å²) in [6.45, 7) is 2.15. The fourth-order valence-electron chi connectivity index (χ4n) is 2.19. The molecule has 0 saturated carbocycles. The number of piperidine rings is 1. The average Bonchev–Trinajstić information content (AvgIpc) is 2.78. The SMILES string of the molecule is c1nc(C2CCNCC2)c2[nH]cnc2n1. The van der Waals surface area contributed by atoms with Crippen LogP contribution in [0.5, 0.6) is 0 Å². The maximum Gasteiger partial charge on any atom is 0.180 e. The van der Waals surface area contributed by atoms with Crippen molar-refractivity contribution in [3.8, 4) is 0 Å². The van der Waals surface area contributed by atoms with E-state index in [4.69, 9.17) is 0 Å². The van der Waals surface area contributed by atoms with Crippen LogP contribution in [-0.4, -0.2) is 33.0 Å². The Balaban J connectivity index is 2.05. The van der Waals surface area contributed by atoms with Crippen molar-refractivity contribution in [3.05, 3.63) is 18.3 Å². The highest BCUT2D eigenvalue weighted by atomic mass is 15.0. The van der Waals surface area contributed by atoms with E-state index in [1.54, 1.807) is 12.7 Å². The zero-order chi connectivity index (χ0) is 10.1. The molecule has 3 rings (SSSR count). The Labute approximate surface area is 87.3 Å². The highest BCUT2D eigenvalue weighted by Crippen LogP contribution is 2.26. The number of rotatable bonds is 1. The van der Waals surface area contributed by atoms with Gasteiger partial charge in [-0.15, -0.1) is 0 Å². The van der Waals surface area contributed by atoms with Gasteiger partial charge in [-0.3, -0.25) is 0 Å². The second kappa shape index (κ2) is 3.58. The third-order valence-electron chi connectivity index (χ3n) is 2.98. The smallest absolute Gasteiger partial charge is 0.180 e. The van der Waals surface area contributed by atoms with Crippen LogP contribution < -0.4 is 5.32 Å². The second-order valence-electron chi connectivity index (χ2n) is 3.88. The molecule has 0 aromatic carbocycles. The second-order valence-corrected chi connectivity index (χ2v) is 3.88. The number of fused-ring (bicyclic) bond motifs is 1. The largest absolute Gasteiger partial charge is 0.342 e. The van der Waals surface area contributed by atoms with E-state index in [1.165, 1.54) is 0 Å². The third-order valence-corrected chi connectivity index (χ3v) is 2.98. The van der Waals surface area contributed by atoms with E-state index in [2.05, 4.69) is 25.3 Å². The van der Waals surface area contributed by atoms with Crippen LogP contribution in [0.4, 0.5) is 0 Å². The van der Waals surface area contributed by atoms with Crippen LogP contribution >= 0.6 is 0 Å². The zero-order valence-electron chi connectivity index (χ0n) is 8.40. The van der Waals surface area contributed by atoms with Gasteiger partial charge < -0.3 is 10.3 Å². The number of nitrogens with zero attached hydrogens (tertiary/aromatic N) is 3. The van der Waals surface area contributed by atoms with Gasteiger partial charge in [-0.05, 0) is 25.9 Å². The maximum atomic E-state index is 4.39.